The van der Waals surface area contributed by atoms with E-state index in [1.54, 1.807) is 0 Å². The van der Waals surface area contributed by atoms with Crippen LogP contribution in [0.25, 0.3) is 55.3 Å². The summed E-state index contributed by atoms with van der Waals surface area (Å²) in [5.41, 5.74) is 19.2. The van der Waals surface area contributed by atoms with E-state index in [-0.39, 0.29) is 0 Å². The lowest BCUT2D eigenvalue weighted by Gasteiger charge is -2.26. The number of anilines is 3. The summed E-state index contributed by atoms with van der Waals surface area (Å²) < 4.78 is 0. The fraction of sp³-hybridized carbons (Fsp3) is 0.0204. The molecule has 10 rings (SSSR count). The molecule has 0 saturated carbocycles. The largest absolute Gasteiger partial charge is 0.311 e. The van der Waals surface area contributed by atoms with E-state index in [0.29, 0.717) is 0 Å². The first-order valence-electron chi connectivity index (χ1n) is 17.4. The Bertz CT molecular complexity index is 2470. The average Bonchev–Trinajstić information content (AvgIpc) is 3.72. The molecule has 0 saturated heterocycles. The molecule has 0 atom stereocenters. The molecule has 0 aliphatic heterocycles. The van der Waals surface area contributed by atoms with Crippen LogP contribution in [0.1, 0.15) is 22.3 Å². The second-order valence-corrected chi connectivity index (χ2v) is 13.3. The van der Waals surface area contributed by atoms with Crippen LogP contribution < -0.4 is 4.90 Å². The van der Waals surface area contributed by atoms with Crippen molar-refractivity contribution >= 4 is 39.0 Å². The van der Waals surface area contributed by atoms with Crippen molar-refractivity contribution in [2.45, 2.75) is 6.42 Å². The summed E-state index contributed by atoms with van der Waals surface area (Å²) in [6.45, 7) is 0. The maximum Gasteiger partial charge on any atom is 0.0462 e. The van der Waals surface area contributed by atoms with Gasteiger partial charge in [0, 0.05) is 17.1 Å². The smallest absolute Gasteiger partial charge is 0.0462 e. The van der Waals surface area contributed by atoms with Gasteiger partial charge in [-0.2, -0.15) is 0 Å². The predicted octanol–water partition coefficient (Wildman–Crippen LogP) is 13.1. The Hall–Kier alpha value is -6.44. The van der Waals surface area contributed by atoms with Gasteiger partial charge in [0.1, 0.15) is 0 Å². The van der Waals surface area contributed by atoms with Crippen LogP contribution in [0.5, 0.6) is 0 Å². The number of allylic oxidation sites excluding steroid dienone is 1. The molecular formula is C49H33N. The van der Waals surface area contributed by atoms with E-state index in [1.165, 1.54) is 77.6 Å². The molecule has 0 heterocycles. The second-order valence-electron chi connectivity index (χ2n) is 13.3. The zero-order valence-electron chi connectivity index (χ0n) is 27.6. The summed E-state index contributed by atoms with van der Waals surface area (Å²) in [7, 11) is 0. The molecule has 0 radical (unpaired) electrons. The summed E-state index contributed by atoms with van der Waals surface area (Å²) in [5.74, 6) is 0. The molecule has 1 heteroatoms. The minimum Gasteiger partial charge on any atom is -0.311 e. The first kappa shape index (κ1) is 28.6. The Balaban J connectivity index is 1.01. The van der Waals surface area contributed by atoms with Gasteiger partial charge in [-0.15, -0.1) is 0 Å². The zero-order chi connectivity index (χ0) is 33.0. The van der Waals surface area contributed by atoms with Crippen LogP contribution in [0.2, 0.25) is 0 Å². The summed E-state index contributed by atoms with van der Waals surface area (Å²) in [5, 5.41) is 2.74. The third kappa shape index (κ3) is 4.70. The van der Waals surface area contributed by atoms with E-state index in [2.05, 4.69) is 193 Å². The quantitative estimate of drug-likeness (QED) is 0.176. The van der Waals surface area contributed by atoms with Gasteiger partial charge in [-0.1, -0.05) is 146 Å². The predicted molar refractivity (Wildman–Crippen MR) is 211 cm³/mol. The van der Waals surface area contributed by atoms with Crippen molar-refractivity contribution < 1.29 is 0 Å². The Morgan fingerprint density at radius 3 is 1.34 bits per heavy atom. The minimum atomic E-state index is 0.999. The average molecular weight is 636 g/mol. The van der Waals surface area contributed by atoms with E-state index in [9.17, 15) is 0 Å². The van der Waals surface area contributed by atoms with Crippen molar-refractivity contribution in [1.82, 2.24) is 0 Å². The highest BCUT2D eigenvalue weighted by atomic mass is 15.1. The lowest BCUT2D eigenvalue weighted by atomic mass is 9.93. The number of fused-ring (bicyclic) bond motifs is 4. The number of rotatable bonds is 6. The van der Waals surface area contributed by atoms with Crippen LogP contribution in [0.3, 0.4) is 0 Å². The van der Waals surface area contributed by atoms with Gasteiger partial charge in [-0.05, 0) is 126 Å². The molecule has 0 unspecified atom stereocenters. The molecule has 8 aromatic carbocycles. The van der Waals surface area contributed by atoms with Gasteiger partial charge in [-0.25, -0.2) is 0 Å². The fourth-order valence-electron chi connectivity index (χ4n) is 8.04. The van der Waals surface area contributed by atoms with E-state index in [0.717, 1.165) is 23.5 Å². The van der Waals surface area contributed by atoms with Crippen LogP contribution in [0.4, 0.5) is 17.1 Å². The van der Waals surface area contributed by atoms with Crippen LogP contribution in [-0.4, -0.2) is 0 Å². The van der Waals surface area contributed by atoms with Crippen LogP contribution in [0, 0.1) is 0 Å². The molecule has 0 amide bonds. The topological polar surface area (TPSA) is 3.24 Å². The molecule has 0 spiro atoms. The molecule has 2 aliphatic rings. The zero-order valence-corrected chi connectivity index (χ0v) is 27.6. The lowest BCUT2D eigenvalue weighted by molar-refractivity contribution is 1.28. The van der Waals surface area contributed by atoms with Crippen LogP contribution >= 0.6 is 0 Å². The fourth-order valence-corrected chi connectivity index (χ4v) is 8.04. The normalized spacial score (nSPS) is 12.6. The first-order valence-corrected chi connectivity index (χ1v) is 17.4. The van der Waals surface area contributed by atoms with Crippen molar-refractivity contribution in [3.8, 4) is 33.4 Å². The third-order valence-corrected chi connectivity index (χ3v) is 10.5. The maximum atomic E-state index is 2.42. The van der Waals surface area contributed by atoms with Gasteiger partial charge in [0.2, 0.25) is 0 Å². The maximum absolute atomic E-state index is 2.42. The Morgan fingerprint density at radius 1 is 0.340 bits per heavy atom. The SMILES string of the molecule is c1ccc(-c2ccc(N(c3ccc(-c4ccccc4)cc3)c3ccc(-c4ccc5c(c4)C4=C(C5)c5cccc6cccc4c56)cc3)cc2)cc1. The second kappa shape index (κ2) is 11.6. The third-order valence-electron chi connectivity index (χ3n) is 10.5. The van der Waals surface area contributed by atoms with E-state index in [4.69, 9.17) is 0 Å². The molecular weight excluding hydrogens is 603 g/mol. The van der Waals surface area contributed by atoms with Gasteiger partial charge in [0.05, 0.1) is 0 Å². The number of hydrogen-bond donors (Lipinski definition) is 0. The first-order chi connectivity index (χ1) is 24.8. The molecule has 50 heavy (non-hydrogen) atoms. The Morgan fingerprint density at radius 2 is 0.800 bits per heavy atom. The number of nitrogens with zero attached hydrogens (tertiary/aromatic N) is 1. The van der Waals surface area contributed by atoms with Crippen molar-refractivity contribution in [2.24, 2.45) is 0 Å². The number of hydrogen-bond acceptors (Lipinski definition) is 1. The molecule has 234 valence electrons. The van der Waals surface area contributed by atoms with Crippen molar-refractivity contribution in [2.75, 3.05) is 4.90 Å². The standard InChI is InChI=1S/C49H33N/c1-3-9-33(10-4-1)35-19-25-41(26-20-35)50(42-27-21-36(22-28-42)34-11-5-2-6-12-34)43-29-23-37(24-30-43)39-17-18-40-32-47-44-15-7-13-38-14-8-16-45(48(38)44)49(47)46(40)31-39/h1-31H,32H2. The number of benzene rings is 8. The summed E-state index contributed by atoms with van der Waals surface area (Å²) >= 11 is 0. The van der Waals surface area contributed by atoms with Crippen molar-refractivity contribution in [1.29, 1.82) is 0 Å². The summed E-state index contributed by atoms with van der Waals surface area (Å²) in [6.07, 6.45) is 0.999. The van der Waals surface area contributed by atoms with Crippen LogP contribution in [0.15, 0.2) is 188 Å². The Labute approximate surface area is 293 Å². The summed E-state index contributed by atoms with van der Waals surface area (Å²) in [6, 6.07) is 68.6. The highest BCUT2D eigenvalue weighted by molar-refractivity contribution is 6.20. The molecule has 0 aromatic heterocycles. The van der Waals surface area contributed by atoms with Crippen LogP contribution in [-0.2, 0) is 6.42 Å². The highest BCUT2D eigenvalue weighted by Gasteiger charge is 2.31. The highest BCUT2D eigenvalue weighted by Crippen LogP contribution is 2.51. The van der Waals surface area contributed by atoms with Crippen molar-refractivity contribution in [3.63, 3.8) is 0 Å². The van der Waals surface area contributed by atoms with Gasteiger partial charge in [0.15, 0.2) is 0 Å². The van der Waals surface area contributed by atoms with Gasteiger partial charge >= 0.3 is 0 Å². The molecule has 1 nitrogen and oxygen atoms in total. The van der Waals surface area contributed by atoms with E-state index >= 15 is 0 Å². The van der Waals surface area contributed by atoms with Gasteiger partial charge in [-0.3, -0.25) is 0 Å². The van der Waals surface area contributed by atoms with Crippen molar-refractivity contribution in [3.05, 3.63) is 210 Å². The van der Waals surface area contributed by atoms with Gasteiger partial charge < -0.3 is 4.90 Å². The molecule has 2 aliphatic carbocycles. The summed E-state index contributed by atoms with van der Waals surface area (Å²) in [4.78, 5) is 2.35. The van der Waals surface area contributed by atoms with E-state index < -0.39 is 0 Å². The molecule has 0 fully saturated rings. The Kier molecular flexibility index (Phi) is 6.63. The van der Waals surface area contributed by atoms with Gasteiger partial charge in [0.25, 0.3) is 0 Å². The minimum absolute atomic E-state index is 0.999. The van der Waals surface area contributed by atoms with E-state index in [1.807, 2.05) is 0 Å². The monoisotopic (exact) mass is 635 g/mol. The molecule has 0 N–H and O–H groups in total. The molecule has 8 aromatic rings. The lowest BCUT2D eigenvalue weighted by Crippen LogP contribution is -2.09. The molecule has 0 bridgehead atoms.